The lowest BCUT2D eigenvalue weighted by molar-refractivity contribution is 0.238. The second-order valence-corrected chi connectivity index (χ2v) is 7.47. The molecule has 29 heavy (non-hydrogen) atoms. The van der Waals surface area contributed by atoms with Gasteiger partial charge in [0.05, 0.1) is 18.0 Å². The van der Waals surface area contributed by atoms with Gasteiger partial charge in [0.25, 0.3) is 0 Å². The van der Waals surface area contributed by atoms with Crippen molar-refractivity contribution in [2.24, 2.45) is 0 Å². The molecule has 0 unspecified atom stereocenters. The number of anilines is 2. The summed E-state index contributed by atoms with van der Waals surface area (Å²) in [7, 11) is 3.88. The van der Waals surface area contributed by atoms with Crippen molar-refractivity contribution in [1.82, 2.24) is 4.90 Å². The highest BCUT2D eigenvalue weighted by Gasteiger charge is 2.17. The molecule has 0 atom stereocenters. The van der Waals surface area contributed by atoms with Gasteiger partial charge in [-0.3, -0.25) is 4.90 Å². The lowest BCUT2D eigenvalue weighted by Gasteiger charge is -2.15. The molecule has 0 radical (unpaired) electrons. The molecule has 0 saturated carbocycles. The highest BCUT2D eigenvalue weighted by atomic mass is 16.5. The third kappa shape index (κ3) is 4.54. The molecule has 0 amide bonds. The monoisotopic (exact) mass is 387 g/mol. The van der Waals surface area contributed by atoms with Gasteiger partial charge < -0.3 is 15.4 Å². The van der Waals surface area contributed by atoms with Crippen molar-refractivity contribution < 1.29 is 4.74 Å². The number of hydrogen-bond acceptors (Lipinski definition) is 4. The van der Waals surface area contributed by atoms with Crippen LogP contribution in [0.1, 0.15) is 17.5 Å². The normalized spacial score (nSPS) is 13.2. The quantitative estimate of drug-likeness (QED) is 0.520. The minimum Gasteiger partial charge on any atom is -0.494 e. The molecule has 4 heteroatoms. The van der Waals surface area contributed by atoms with Gasteiger partial charge in [-0.2, -0.15) is 0 Å². The van der Waals surface area contributed by atoms with Crippen molar-refractivity contribution in [2.75, 3.05) is 37.9 Å². The van der Waals surface area contributed by atoms with E-state index in [1.807, 2.05) is 20.2 Å². The summed E-state index contributed by atoms with van der Waals surface area (Å²) in [6.07, 6.45) is 1.03. The lowest BCUT2D eigenvalue weighted by Crippen LogP contribution is -2.19. The summed E-state index contributed by atoms with van der Waals surface area (Å²) in [5.74, 6) is 0.927. The predicted molar refractivity (Wildman–Crippen MR) is 122 cm³/mol. The zero-order valence-corrected chi connectivity index (χ0v) is 17.2. The number of nitrogens with zero attached hydrogens (tertiary/aromatic N) is 1. The second-order valence-electron chi connectivity index (χ2n) is 7.47. The molecular formula is C25H29N3O. The van der Waals surface area contributed by atoms with Gasteiger partial charge >= 0.3 is 0 Å². The summed E-state index contributed by atoms with van der Waals surface area (Å²) in [5.41, 5.74) is 7.44. The number of benzene rings is 3. The maximum absolute atomic E-state index is 6.05. The Balaban J connectivity index is 1.32. The van der Waals surface area contributed by atoms with Gasteiger partial charge in [0.2, 0.25) is 0 Å². The molecule has 0 aliphatic carbocycles. The molecule has 3 aromatic carbocycles. The van der Waals surface area contributed by atoms with Crippen LogP contribution in [-0.2, 0) is 13.1 Å². The molecule has 150 valence electrons. The van der Waals surface area contributed by atoms with Gasteiger partial charge in [0.15, 0.2) is 0 Å². The molecule has 0 bridgehead atoms. The Morgan fingerprint density at radius 3 is 2.24 bits per heavy atom. The maximum Gasteiger partial charge on any atom is 0.119 e. The Bertz CT molecular complexity index is 945. The maximum atomic E-state index is 6.05. The van der Waals surface area contributed by atoms with Crippen molar-refractivity contribution in [3.8, 4) is 16.9 Å². The highest BCUT2D eigenvalue weighted by Crippen LogP contribution is 2.30. The summed E-state index contributed by atoms with van der Waals surface area (Å²) < 4.78 is 6.05. The fraction of sp³-hybridized carbons (Fsp3) is 0.280. The minimum absolute atomic E-state index is 0.733. The van der Waals surface area contributed by atoms with Gasteiger partial charge in [-0.15, -0.1) is 0 Å². The van der Waals surface area contributed by atoms with Gasteiger partial charge in [-0.05, 0) is 52.9 Å². The van der Waals surface area contributed by atoms with Crippen LogP contribution in [0.3, 0.4) is 0 Å². The first-order valence-corrected chi connectivity index (χ1v) is 10.3. The standard InChI is InChI=1S/C25H29N3O/c1-26-24-12-11-20(16-25(24)27-2)19-9-5-10-23(15-19)29-14-6-13-28-17-21-7-3-4-8-22(21)18-28/h3-5,7-12,15-16,26-27H,6,13-14,17-18H2,1-2H3. The summed E-state index contributed by atoms with van der Waals surface area (Å²) >= 11 is 0. The Morgan fingerprint density at radius 2 is 1.52 bits per heavy atom. The summed E-state index contributed by atoms with van der Waals surface area (Å²) in [5, 5.41) is 6.46. The fourth-order valence-corrected chi connectivity index (χ4v) is 3.95. The average Bonchev–Trinajstić information content (AvgIpc) is 3.19. The third-order valence-electron chi connectivity index (χ3n) is 5.52. The van der Waals surface area contributed by atoms with E-state index >= 15 is 0 Å². The Morgan fingerprint density at radius 1 is 0.793 bits per heavy atom. The number of rotatable bonds is 8. The fourth-order valence-electron chi connectivity index (χ4n) is 3.95. The molecule has 2 N–H and O–H groups in total. The van der Waals surface area contributed by atoms with Crippen LogP contribution in [-0.4, -0.2) is 32.1 Å². The topological polar surface area (TPSA) is 36.5 Å². The SMILES string of the molecule is CNc1ccc(-c2cccc(OCCCN3Cc4ccccc4C3)c2)cc1NC. The van der Waals surface area contributed by atoms with Crippen molar-refractivity contribution in [3.63, 3.8) is 0 Å². The van der Waals surface area contributed by atoms with Crippen LogP contribution >= 0.6 is 0 Å². The van der Waals surface area contributed by atoms with E-state index in [4.69, 9.17) is 4.74 Å². The molecule has 1 aliphatic rings. The molecular weight excluding hydrogens is 358 g/mol. The lowest BCUT2D eigenvalue weighted by atomic mass is 10.0. The van der Waals surface area contributed by atoms with Gasteiger partial charge in [0, 0.05) is 33.7 Å². The molecule has 4 nitrogen and oxygen atoms in total. The minimum atomic E-state index is 0.733. The Labute approximate surface area is 173 Å². The predicted octanol–water partition coefficient (Wildman–Crippen LogP) is 5.22. The molecule has 0 aromatic heterocycles. The molecule has 3 aromatic rings. The molecule has 0 fully saturated rings. The molecule has 0 saturated heterocycles. The first kappa shape index (κ1) is 19.3. The van der Waals surface area contributed by atoms with Gasteiger partial charge in [-0.1, -0.05) is 42.5 Å². The van der Waals surface area contributed by atoms with Crippen molar-refractivity contribution in [3.05, 3.63) is 77.9 Å². The third-order valence-corrected chi connectivity index (χ3v) is 5.52. The van der Waals surface area contributed by atoms with Crippen molar-refractivity contribution in [1.29, 1.82) is 0 Å². The van der Waals surface area contributed by atoms with Crippen LogP contribution < -0.4 is 15.4 Å². The second kappa shape index (κ2) is 9.01. The highest BCUT2D eigenvalue weighted by molar-refractivity contribution is 5.77. The summed E-state index contributed by atoms with van der Waals surface area (Å²) in [6.45, 7) is 3.91. The van der Waals surface area contributed by atoms with Gasteiger partial charge in [-0.25, -0.2) is 0 Å². The number of nitrogens with one attached hydrogen (secondary N) is 2. The van der Waals surface area contributed by atoms with E-state index < -0.39 is 0 Å². The Kier molecular flexibility index (Phi) is 6.01. The zero-order chi connectivity index (χ0) is 20.1. The number of hydrogen-bond donors (Lipinski definition) is 2. The summed E-state index contributed by atoms with van der Waals surface area (Å²) in [6, 6.07) is 23.5. The van der Waals surface area contributed by atoms with E-state index in [1.165, 1.54) is 16.7 Å². The number of fused-ring (bicyclic) bond motifs is 1. The van der Waals surface area contributed by atoms with Crippen LogP contribution in [0.15, 0.2) is 66.7 Å². The van der Waals surface area contributed by atoms with E-state index in [0.29, 0.717) is 0 Å². The van der Waals surface area contributed by atoms with E-state index in [2.05, 4.69) is 76.2 Å². The zero-order valence-electron chi connectivity index (χ0n) is 17.2. The molecule has 4 rings (SSSR count). The van der Waals surface area contributed by atoms with E-state index in [9.17, 15) is 0 Å². The Hall–Kier alpha value is -2.98. The van der Waals surface area contributed by atoms with Crippen molar-refractivity contribution in [2.45, 2.75) is 19.5 Å². The van der Waals surface area contributed by atoms with E-state index in [0.717, 1.165) is 55.3 Å². The van der Waals surface area contributed by atoms with Crippen LogP contribution in [0.25, 0.3) is 11.1 Å². The first-order chi connectivity index (χ1) is 14.3. The van der Waals surface area contributed by atoms with Crippen molar-refractivity contribution >= 4 is 11.4 Å². The molecule has 1 aliphatic heterocycles. The van der Waals surface area contributed by atoms with Crippen LogP contribution in [0.4, 0.5) is 11.4 Å². The molecule has 1 heterocycles. The largest absolute Gasteiger partial charge is 0.494 e. The average molecular weight is 388 g/mol. The van der Waals surface area contributed by atoms with Gasteiger partial charge in [0.1, 0.15) is 5.75 Å². The van der Waals surface area contributed by atoms with Crippen LogP contribution in [0, 0.1) is 0 Å². The summed E-state index contributed by atoms with van der Waals surface area (Å²) in [4.78, 5) is 2.49. The smallest absolute Gasteiger partial charge is 0.119 e. The first-order valence-electron chi connectivity index (χ1n) is 10.3. The molecule has 0 spiro atoms. The van der Waals surface area contributed by atoms with Crippen LogP contribution in [0.2, 0.25) is 0 Å². The van der Waals surface area contributed by atoms with E-state index in [-0.39, 0.29) is 0 Å². The van der Waals surface area contributed by atoms with Crippen LogP contribution in [0.5, 0.6) is 5.75 Å². The van der Waals surface area contributed by atoms with E-state index in [1.54, 1.807) is 0 Å². The number of ether oxygens (including phenoxy) is 1.